The lowest BCUT2D eigenvalue weighted by molar-refractivity contribution is -0.139. The van der Waals surface area contributed by atoms with Crippen molar-refractivity contribution >= 4 is 23.4 Å². The molecule has 0 saturated carbocycles. The second kappa shape index (κ2) is 9.64. The summed E-state index contributed by atoms with van der Waals surface area (Å²) in [5.74, 6) is 0.0481. The zero-order chi connectivity index (χ0) is 24.4. The maximum absolute atomic E-state index is 13.7. The Bertz CT molecular complexity index is 1470. The first-order valence-corrected chi connectivity index (χ1v) is 11.4. The van der Waals surface area contributed by atoms with Gasteiger partial charge in [-0.3, -0.25) is 9.36 Å². The maximum atomic E-state index is 13.7. The van der Waals surface area contributed by atoms with Gasteiger partial charge < -0.3 is 14.2 Å². The van der Waals surface area contributed by atoms with Crippen LogP contribution in [0.3, 0.4) is 0 Å². The first kappa shape index (κ1) is 23.4. The Morgan fingerprint density at radius 1 is 1.21 bits per heavy atom. The molecule has 176 valence electrons. The van der Waals surface area contributed by atoms with Crippen LogP contribution in [0, 0.1) is 5.82 Å². The van der Waals surface area contributed by atoms with Gasteiger partial charge in [-0.05, 0) is 49.8 Å². The number of hydrogen-bond acceptors (Lipinski definition) is 7. The van der Waals surface area contributed by atoms with Gasteiger partial charge in [-0.2, -0.15) is 0 Å². The van der Waals surface area contributed by atoms with Crippen molar-refractivity contribution in [2.24, 2.45) is 4.99 Å². The van der Waals surface area contributed by atoms with Crippen molar-refractivity contribution in [3.8, 4) is 11.5 Å². The number of halogens is 1. The second-order valence-electron chi connectivity index (χ2n) is 7.47. The van der Waals surface area contributed by atoms with Crippen molar-refractivity contribution in [1.82, 2.24) is 4.57 Å². The minimum atomic E-state index is -0.828. The molecule has 2 heterocycles. The van der Waals surface area contributed by atoms with Gasteiger partial charge in [0.25, 0.3) is 5.56 Å². The summed E-state index contributed by atoms with van der Waals surface area (Å²) in [5.41, 5.74) is 1.46. The molecule has 1 atom stereocenters. The number of esters is 1. The minimum absolute atomic E-state index is 0.173. The monoisotopic (exact) mass is 482 g/mol. The van der Waals surface area contributed by atoms with E-state index in [0.717, 1.165) is 0 Å². The molecule has 4 rings (SSSR count). The van der Waals surface area contributed by atoms with Gasteiger partial charge in [0.1, 0.15) is 23.4 Å². The topological polar surface area (TPSA) is 79.1 Å². The highest BCUT2D eigenvalue weighted by Gasteiger charge is 2.35. The third-order valence-electron chi connectivity index (χ3n) is 5.40. The predicted molar refractivity (Wildman–Crippen MR) is 126 cm³/mol. The van der Waals surface area contributed by atoms with Crippen LogP contribution >= 0.6 is 11.3 Å². The summed E-state index contributed by atoms with van der Waals surface area (Å²) in [5, 5.41) is 0. The maximum Gasteiger partial charge on any atom is 0.338 e. The Hall–Kier alpha value is -3.72. The molecule has 0 bridgehead atoms. The molecule has 1 aliphatic heterocycles. The Morgan fingerprint density at radius 2 is 2.00 bits per heavy atom. The molecule has 0 N–H and O–H groups in total. The van der Waals surface area contributed by atoms with E-state index in [1.165, 1.54) is 42.3 Å². The predicted octanol–water partition coefficient (Wildman–Crippen LogP) is 2.95. The lowest BCUT2D eigenvalue weighted by Crippen LogP contribution is -2.40. The fraction of sp³-hybridized carbons (Fsp3) is 0.240. The van der Waals surface area contributed by atoms with Crippen LogP contribution in [0.25, 0.3) is 6.08 Å². The number of benzene rings is 2. The summed E-state index contributed by atoms with van der Waals surface area (Å²) in [6.07, 6.45) is 1.61. The number of carbonyl (C=O) groups is 1. The van der Waals surface area contributed by atoms with Crippen LogP contribution in [0.15, 0.2) is 63.5 Å². The molecule has 0 radical (unpaired) electrons. The lowest BCUT2D eigenvalue weighted by atomic mass is 9.95. The molecule has 1 aliphatic rings. The molecule has 1 aromatic heterocycles. The van der Waals surface area contributed by atoms with Crippen molar-refractivity contribution in [2.75, 3.05) is 20.8 Å². The van der Waals surface area contributed by atoms with Gasteiger partial charge in [0.15, 0.2) is 4.80 Å². The van der Waals surface area contributed by atoms with Crippen LogP contribution in [0.2, 0.25) is 0 Å². The van der Waals surface area contributed by atoms with E-state index in [9.17, 15) is 14.0 Å². The van der Waals surface area contributed by atoms with Crippen LogP contribution in [-0.4, -0.2) is 31.4 Å². The van der Waals surface area contributed by atoms with Gasteiger partial charge in [0.2, 0.25) is 0 Å². The van der Waals surface area contributed by atoms with Gasteiger partial charge in [-0.1, -0.05) is 23.5 Å². The van der Waals surface area contributed by atoms with E-state index >= 15 is 0 Å². The van der Waals surface area contributed by atoms with Gasteiger partial charge in [0.05, 0.1) is 36.6 Å². The van der Waals surface area contributed by atoms with Crippen LogP contribution in [0.4, 0.5) is 4.39 Å². The van der Waals surface area contributed by atoms with Crippen LogP contribution in [0.5, 0.6) is 11.5 Å². The molecule has 0 amide bonds. The van der Waals surface area contributed by atoms with E-state index in [1.807, 2.05) is 0 Å². The number of rotatable bonds is 6. The Labute approximate surface area is 199 Å². The first-order valence-electron chi connectivity index (χ1n) is 10.5. The van der Waals surface area contributed by atoms with Crippen molar-refractivity contribution < 1.29 is 23.4 Å². The number of fused-ring (bicyclic) bond motifs is 1. The summed E-state index contributed by atoms with van der Waals surface area (Å²) in [7, 11) is 3.05. The molecular formula is C25H23FN2O5S. The number of ether oxygens (including phenoxy) is 3. The van der Waals surface area contributed by atoms with Crippen molar-refractivity contribution in [3.05, 3.63) is 90.4 Å². The van der Waals surface area contributed by atoms with Crippen LogP contribution in [0.1, 0.15) is 31.0 Å². The smallest absolute Gasteiger partial charge is 0.338 e. The third-order valence-corrected chi connectivity index (χ3v) is 6.38. The number of thiazole rings is 1. The molecule has 0 fully saturated rings. The number of carbonyl (C=O) groups excluding carboxylic acids is 1. The summed E-state index contributed by atoms with van der Waals surface area (Å²) in [6, 6.07) is 10.3. The van der Waals surface area contributed by atoms with Crippen molar-refractivity contribution in [2.45, 2.75) is 19.9 Å². The number of aromatic nitrogens is 1. The highest BCUT2D eigenvalue weighted by molar-refractivity contribution is 7.07. The Balaban J connectivity index is 2.00. The zero-order valence-corrected chi connectivity index (χ0v) is 19.9. The molecule has 9 heteroatoms. The summed E-state index contributed by atoms with van der Waals surface area (Å²) < 4.78 is 31.7. The lowest BCUT2D eigenvalue weighted by Gasteiger charge is -2.26. The molecule has 34 heavy (non-hydrogen) atoms. The van der Waals surface area contributed by atoms with Crippen LogP contribution < -0.4 is 24.4 Å². The number of hydrogen-bond donors (Lipinski definition) is 0. The van der Waals surface area contributed by atoms with E-state index < -0.39 is 17.8 Å². The summed E-state index contributed by atoms with van der Waals surface area (Å²) in [4.78, 5) is 31.5. The van der Waals surface area contributed by atoms with E-state index in [4.69, 9.17) is 14.2 Å². The highest BCUT2D eigenvalue weighted by Crippen LogP contribution is 2.37. The molecular weight excluding hydrogens is 459 g/mol. The van der Waals surface area contributed by atoms with E-state index in [-0.39, 0.29) is 17.7 Å². The van der Waals surface area contributed by atoms with Gasteiger partial charge in [-0.15, -0.1) is 0 Å². The van der Waals surface area contributed by atoms with Gasteiger partial charge >= 0.3 is 5.97 Å². The quantitative estimate of drug-likeness (QED) is 0.505. The third kappa shape index (κ3) is 4.26. The van der Waals surface area contributed by atoms with Crippen molar-refractivity contribution in [1.29, 1.82) is 0 Å². The average Bonchev–Trinajstić information content (AvgIpc) is 3.12. The fourth-order valence-electron chi connectivity index (χ4n) is 3.88. The average molecular weight is 483 g/mol. The fourth-order valence-corrected chi connectivity index (χ4v) is 4.92. The largest absolute Gasteiger partial charge is 0.497 e. The molecule has 0 aliphatic carbocycles. The van der Waals surface area contributed by atoms with Crippen molar-refractivity contribution in [3.63, 3.8) is 0 Å². The molecule has 0 saturated heterocycles. The van der Waals surface area contributed by atoms with Gasteiger partial charge in [-0.25, -0.2) is 14.2 Å². The molecule has 0 unspecified atom stereocenters. The standard InChI is InChI=1S/C25H23FN2O5S/c1-5-33-24(30)21-14(2)27-25-28(22(21)18-10-9-17(31-3)13-19(18)32-4)23(29)20(34-25)12-15-7-6-8-16(26)11-15/h6-13,22H,5H2,1-4H3/b20-12-/t22-/m1/s1. The number of allylic oxidation sites excluding steroid dienone is 1. The van der Waals surface area contributed by atoms with E-state index in [1.54, 1.807) is 50.3 Å². The Kier molecular flexibility index (Phi) is 6.65. The first-order chi connectivity index (χ1) is 16.4. The number of nitrogens with zero attached hydrogens (tertiary/aromatic N) is 2. The molecule has 0 spiro atoms. The zero-order valence-electron chi connectivity index (χ0n) is 19.1. The Morgan fingerprint density at radius 3 is 2.68 bits per heavy atom. The minimum Gasteiger partial charge on any atom is -0.497 e. The van der Waals surface area contributed by atoms with E-state index in [2.05, 4.69) is 4.99 Å². The number of methoxy groups -OCH3 is 2. The SMILES string of the molecule is CCOC(=O)C1=C(C)N=c2s/c(=C\c3cccc(F)c3)c(=O)n2[C@@H]1c1ccc(OC)cc1OC. The second-order valence-corrected chi connectivity index (χ2v) is 8.47. The van der Waals surface area contributed by atoms with Crippen LogP contribution in [-0.2, 0) is 9.53 Å². The molecule has 2 aromatic carbocycles. The van der Waals surface area contributed by atoms with Gasteiger partial charge in [0, 0.05) is 11.6 Å². The molecule has 3 aromatic rings. The molecule has 7 nitrogen and oxygen atoms in total. The summed E-state index contributed by atoms with van der Waals surface area (Å²) in [6.45, 7) is 3.59. The van der Waals surface area contributed by atoms with E-state index in [0.29, 0.717) is 37.7 Å². The normalized spacial score (nSPS) is 15.6. The highest BCUT2D eigenvalue weighted by atomic mass is 32.1. The summed E-state index contributed by atoms with van der Waals surface area (Å²) >= 11 is 1.17.